The summed E-state index contributed by atoms with van der Waals surface area (Å²) in [5.74, 6) is 0. The van der Waals surface area contributed by atoms with E-state index >= 15 is 0 Å². The van der Waals surface area contributed by atoms with Gasteiger partial charge in [-0.3, -0.25) is 0 Å². The normalized spacial score (nSPS) is 10.8. The monoisotopic (exact) mass is 214 g/mol. The van der Waals surface area contributed by atoms with Gasteiger partial charge in [-0.05, 0) is 6.42 Å². The van der Waals surface area contributed by atoms with E-state index in [0.29, 0.717) is 0 Å². The van der Waals surface area contributed by atoms with Gasteiger partial charge in [-0.25, -0.2) is 0 Å². The summed E-state index contributed by atoms with van der Waals surface area (Å²) >= 11 is 0. The zero-order chi connectivity index (χ0) is 11.2. The molecule has 17 heavy (non-hydrogen) atoms. The Morgan fingerprint density at radius 2 is 1.41 bits per heavy atom. The van der Waals surface area contributed by atoms with E-state index in [-0.39, 0.29) is 18.9 Å². The molecule has 80 valence electrons. The molecule has 0 aliphatic carbocycles. The van der Waals surface area contributed by atoms with Crippen LogP contribution in [-0.4, -0.2) is 0 Å². The molecule has 0 aliphatic rings. The minimum Gasteiger partial charge on any atom is -0.149 e. The summed E-state index contributed by atoms with van der Waals surface area (Å²) in [6.07, 6.45) is 4.46. The summed E-state index contributed by atoms with van der Waals surface area (Å²) in [7, 11) is 0. The summed E-state index contributed by atoms with van der Waals surface area (Å²) in [4.78, 5) is 0. The van der Waals surface area contributed by atoms with Crippen LogP contribution in [0.4, 0.5) is 0 Å². The Kier molecular flexibility index (Phi) is 5.84. The SMILES string of the molecule is CCC(=[C-]c1ccccc1)c1ccccc1.[Li+]. The first-order valence-corrected chi connectivity index (χ1v) is 5.63. The van der Waals surface area contributed by atoms with Gasteiger partial charge in [0.25, 0.3) is 0 Å². The molecule has 0 bridgehead atoms. The molecule has 0 heterocycles. The number of hydrogen-bond donors (Lipinski definition) is 0. The Bertz CT molecular complexity index is 457. The Hall–Kier alpha value is -1.22. The fourth-order valence-electron chi connectivity index (χ4n) is 1.70. The van der Waals surface area contributed by atoms with Crippen molar-refractivity contribution in [1.82, 2.24) is 0 Å². The van der Waals surface area contributed by atoms with Crippen LogP contribution in [0.5, 0.6) is 0 Å². The third kappa shape index (κ3) is 3.93. The molecule has 0 N–H and O–H groups in total. The van der Waals surface area contributed by atoms with Crippen molar-refractivity contribution in [2.45, 2.75) is 13.3 Å². The van der Waals surface area contributed by atoms with E-state index in [4.69, 9.17) is 0 Å². The first-order chi connectivity index (χ1) is 7.90. The van der Waals surface area contributed by atoms with Crippen molar-refractivity contribution in [2.24, 2.45) is 0 Å². The molecular weight excluding hydrogens is 199 g/mol. The Balaban J connectivity index is 0.00000144. The smallest absolute Gasteiger partial charge is 0.149 e. The van der Waals surface area contributed by atoms with Crippen LogP contribution in [0.15, 0.2) is 60.7 Å². The number of hydrogen-bond acceptors (Lipinski definition) is 0. The van der Waals surface area contributed by atoms with E-state index in [2.05, 4.69) is 49.4 Å². The third-order valence-electron chi connectivity index (χ3n) is 2.54. The van der Waals surface area contributed by atoms with Crippen molar-refractivity contribution in [3.05, 3.63) is 77.9 Å². The van der Waals surface area contributed by atoms with Crippen LogP contribution in [0, 0.1) is 6.08 Å². The van der Waals surface area contributed by atoms with Crippen molar-refractivity contribution in [1.29, 1.82) is 0 Å². The summed E-state index contributed by atoms with van der Waals surface area (Å²) in [5, 5.41) is 0. The number of rotatable bonds is 3. The second-order valence-corrected chi connectivity index (χ2v) is 3.69. The molecule has 0 aromatic heterocycles. The van der Waals surface area contributed by atoms with Crippen LogP contribution in [0.2, 0.25) is 0 Å². The van der Waals surface area contributed by atoms with Gasteiger partial charge in [0.1, 0.15) is 0 Å². The zero-order valence-electron chi connectivity index (χ0n) is 10.5. The molecule has 0 nitrogen and oxygen atoms in total. The molecule has 0 atom stereocenters. The van der Waals surface area contributed by atoms with Crippen molar-refractivity contribution in [3.8, 4) is 0 Å². The quantitative estimate of drug-likeness (QED) is 0.411. The van der Waals surface area contributed by atoms with E-state index in [1.54, 1.807) is 0 Å². The van der Waals surface area contributed by atoms with Crippen LogP contribution >= 0.6 is 0 Å². The molecule has 0 amide bonds. The molecule has 0 spiro atoms. The van der Waals surface area contributed by atoms with Gasteiger partial charge in [-0.15, -0.1) is 41.5 Å². The summed E-state index contributed by atoms with van der Waals surface area (Å²) in [5.41, 5.74) is 3.66. The first-order valence-electron chi connectivity index (χ1n) is 5.63. The molecule has 0 saturated heterocycles. The Morgan fingerprint density at radius 1 is 0.882 bits per heavy atom. The molecule has 0 aliphatic heterocycles. The van der Waals surface area contributed by atoms with Crippen molar-refractivity contribution in [2.75, 3.05) is 0 Å². The topological polar surface area (TPSA) is 0 Å². The van der Waals surface area contributed by atoms with Crippen LogP contribution in [0.3, 0.4) is 0 Å². The minimum absolute atomic E-state index is 0. The van der Waals surface area contributed by atoms with Crippen molar-refractivity contribution >= 4 is 5.57 Å². The largest absolute Gasteiger partial charge is 1.00 e. The molecule has 2 aromatic rings. The molecule has 0 saturated carbocycles. The fourth-order valence-corrected chi connectivity index (χ4v) is 1.70. The maximum atomic E-state index is 3.46. The first kappa shape index (κ1) is 13.8. The maximum absolute atomic E-state index is 3.46. The van der Waals surface area contributed by atoms with E-state index in [0.717, 1.165) is 12.0 Å². The molecule has 1 heteroatoms. The Labute approximate surface area is 116 Å². The van der Waals surface area contributed by atoms with Gasteiger partial charge in [0.15, 0.2) is 0 Å². The van der Waals surface area contributed by atoms with Gasteiger partial charge < -0.3 is 0 Å². The van der Waals surface area contributed by atoms with Gasteiger partial charge >= 0.3 is 18.9 Å². The standard InChI is InChI=1S/C16H15.Li/c1-2-15(16-11-7-4-8-12-16)13-14-9-5-3-6-10-14;/h3-12H,2H2,1H3;/q-1;+1. The predicted molar refractivity (Wildman–Crippen MR) is 68.9 cm³/mol. The van der Waals surface area contributed by atoms with E-state index in [1.165, 1.54) is 11.1 Å². The summed E-state index contributed by atoms with van der Waals surface area (Å²) in [6, 6.07) is 20.7. The molecule has 0 unspecified atom stereocenters. The predicted octanol–water partition coefficient (Wildman–Crippen LogP) is 1.34. The van der Waals surface area contributed by atoms with E-state index < -0.39 is 0 Å². The zero-order valence-corrected chi connectivity index (χ0v) is 10.5. The molecule has 0 fully saturated rings. The maximum Gasteiger partial charge on any atom is 1.00 e. The Morgan fingerprint density at radius 3 is 1.94 bits per heavy atom. The van der Waals surface area contributed by atoms with Gasteiger partial charge in [-0.1, -0.05) is 48.9 Å². The van der Waals surface area contributed by atoms with Gasteiger partial charge in [0.2, 0.25) is 0 Å². The van der Waals surface area contributed by atoms with Gasteiger partial charge in [-0.2, -0.15) is 0 Å². The van der Waals surface area contributed by atoms with Crippen LogP contribution < -0.4 is 18.9 Å². The fraction of sp³-hybridized carbons (Fsp3) is 0.125. The van der Waals surface area contributed by atoms with Crippen LogP contribution in [0.25, 0.3) is 5.57 Å². The second-order valence-electron chi connectivity index (χ2n) is 3.69. The number of benzene rings is 2. The second kappa shape index (κ2) is 7.17. The van der Waals surface area contributed by atoms with Gasteiger partial charge in [0.05, 0.1) is 0 Å². The average molecular weight is 214 g/mol. The molecular formula is C16H15Li. The molecule has 2 aromatic carbocycles. The molecule has 2 rings (SSSR count). The van der Waals surface area contributed by atoms with Crippen molar-refractivity contribution in [3.63, 3.8) is 0 Å². The van der Waals surface area contributed by atoms with E-state index in [1.807, 2.05) is 24.3 Å². The van der Waals surface area contributed by atoms with E-state index in [9.17, 15) is 0 Å². The van der Waals surface area contributed by atoms with Gasteiger partial charge in [0, 0.05) is 0 Å². The average Bonchev–Trinajstić information content (AvgIpc) is 2.38. The van der Waals surface area contributed by atoms with Crippen LogP contribution in [0.1, 0.15) is 24.5 Å². The summed E-state index contributed by atoms with van der Waals surface area (Å²) < 4.78 is 0. The minimum atomic E-state index is 0. The summed E-state index contributed by atoms with van der Waals surface area (Å²) in [6.45, 7) is 2.16. The third-order valence-corrected chi connectivity index (χ3v) is 2.54. The van der Waals surface area contributed by atoms with Crippen LogP contribution in [-0.2, 0) is 0 Å². The molecule has 0 radical (unpaired) electrons. The number of allylic oxidation sites excluding steroid dienone is 1. The van der Waals surface area contributed by atoms with Crippen molar-refractivity contribution < 1.29 is 18.9 Å².